The number of carboxylic acid groups (broad SMARTS) is 1. The lowest BCUT2D eigenvalue weighted by atomic mass is 10.5. The average molecular weight is 221 g/mol. The summed E-state index contributed by atoms with van der Waals surface area (Å²) >= 11 is -1.16. The van der Waals surface area contributed by atoms with E-state index in [2.05, 4.69) is 0 Å². The van der Waals surface area contributed by atoms with Gasteiger partial charge in [0.2, 0.25) is 0 Å². The highest BCUT2D eigenvalue weighted by Gasteiger charge is 2.12. The second-order valence-corrected chi connectivity index (χ2v) is 4.24. The van der Waals surface area contributed by atoms with Crippen molar-refractivity contribution in [2.75, 3.05) is 11.4 Å². The summed E-state index contributed by atoms with van der Waals surface area (Å²) in [5, 5.41) is 9.01. The molecule has 1 aromatic rings. The predicted molar refractivity (Wildman–Crippen MR) is 50.5 cm³/mol. The Morgan fingerprint density at radius 2 is 2.23 bits per heavy atom. The van der Waals surface area contributed by atoms with Gasteiger partial charge in [0.15, 0.2) is 0 Å². The zero-order chi connectivity index (χ0) is 10.0. The summed E-state index contributed by atoms with van der Waals surface area (Å²) in [6.07, 6.45) is 0. The molecule has 0 bridgehead atoms. The molecule has 1 rings (SSSR count). The zero-order valence-corrected chi connectivity index (χ0v) is 8.26. The molecular formula is C6H7NO4S2. The topological polar surface area (TPSA) is 77.8 Å². The fraction of sp³-hybridized carbons (Fsp3) is 0.167. The molecule has 0 spiro atoms. The first-order valence-electron chi connectivity index (χ1n) is 3.20. The Hall–Kier alpha value is -0.920. The van der Waals surface area contributed by atoms with Crippen LogP contribution >= 0.6 is 11.3 Å². The Morgan fingerprint density at radius 3 is 2.62 bits per heavy atom. The van der Waals surface area contributed by atoms with Gasteiger partial charge in [-0.05, 0) is 12.1 Å². The van der Waals surface area contributed by atoms with Gasteiger partial charge in [0.25, 0.3) is 11.3 Å². The van der Waals surface area contributed by atoms with Crippen molar-refractivity contribution < 1.29 is 18.7 Å². The van der Waals surface area contributed by atoms with Gasteiger partial charge in [0.1, 0.15) is 9.88 Å². The molecule has 7 heteroatoms. The lowest BCUT2D eigenvalue weighted by Gasteiger charge is -2.09. The maximum absolute atomic E-state index is 10.6. The third-order valence-electron chi connectivity index (χ3n) is 1.35. The minimum Gasteiger partial charge on any atom is -0.477 e. The van der Waals surface area contributed by atoms with Crippen molar-refractivity contribution in [2.24, 2.45) is 0 Å². The molecule has 1 unspecified atom stereocenters. The number of aromatic carboxylic acids is 1. The summed E-state index contributed by atoms with van der Waals surface area (Å²) in [6, 6.07) is 2.88. The summed E-state index contributed by atoms with van der Waals surface area (Å²) < 4.78 is 20.3. The number of hydrogen-bond acceptors (Lipinski definition) is 3. The van der Waals surface area contributed by atoms with E-state index in [0.717, 1.165) is 15.6 Å². The van der Waals surface area contributed by atoms with E-state index in [4.69, 9.17) is 9.66 Å². The smallest absolute Gasteiger partial charge is 0.345 e. The van der Waals surface area contributed by atoms with Gasteiger partial charge in [-0.2, -0.15) is 0 Å². The van der Waals surface area contributed by atoms with Crippen molar-refractivity contribution in [1.29, 1.82) is 0 Å². The van der Waals surface area contributed by atoms with Crippen molar-refractivity contribution in [3.8, 4) is 0 Å². The molecule has 0 aromatic carbocycles. The summed E-state index contributed by atoms with van der Waals surface area (Å²) in [5.74, 6) is -1.03. The molecule has 1 atom stereocenters. The summed E-state index contributed by atoms with van der Waals surface area (Å²) in [5.41, 5.74) is 0. The van der Waals surface area contributed by atoms with E-state index in [9.17, 15) is 9.00 Å². The third kappa shape index (κ3) is 2.27. The van der Waals surface area contributed by atoms with Crippen molar-refractivity contribution in [2.45, 2.75) is 0 Å². The molecule has 0 aliphatic carbocycles. The monoisotopic (exact) mass is 221 g/mol. The number of hydrogen-bond donors (Lipinski definition) is 2. The fourth-order valence-electron chi connectivity index (χ4n) is 0.689. The highest BCUT2D eigenvalue weighted by molar-refractivity contribution is 7.81. The molecule has 13 heavy (non-hydrogen) atoms. The van der Waals surface area contributed by atoms with Crippen LogP contribution in [0.2, 0.25) is 0 Å². The van der Waals surface area contributed by atoms with Crippen molar-refractivity contribution in [3.05, 3.63) is 17.0 Å². The summed E-state index contributed by atoms with van der Waals surface area (Å²) in [6.45, 7) is 0. The highest BCUT2D eigenvalue weighted by atomic mass is 32.2. The molecular weight excluding hydrogens is 214 g/mol. The van der Waals surface area contributed by atoms with Gasteiger partial charge >= 0.3 is 5.97 Å². The number of rotatable bonds is 3. The molecule has 0 aliphatic heterocycles. The molecule has 0 radical (unpaired) electrons. The third-order valence-corrected chi connectivity index (χ3v) is 3.28. The largest absolute Gasteiger partial charge is 0.477 e. The Kier molecular flexibility index (Phi) is 3.02. The number of nitrogens with zero attached hydrogens (tertiary/aromatic N) is 1. The van der Waals surface area contributed by atoms with Crippen LogP contribution in [0, 0.1) is 0 Å². The summed E-state index contributed by atoms with van der Waals surface area (Å²) in [7, 11) is 1.41. The molecule has 0 saturated heterocycles. The van der Waals surface area contributed by atoms with E-state index in [1.165, 1.54) is 19.2 Å². The lowest BCUT2D eigenvalue weighted by molar-refractivity contribution is 0.0702. The van der Waals surface area contributed by atoms with Crippen LogP contribution in [-0.2, 0) is 11.3 Å². The van der Waals surface area contributed by atoms with Crippen LogP contribution in [0.15, 0.2) is 12.1 Å². The van der Waals surface area contributed by atoms with Gasteiger partial charge < -0.3 is 5.11 Å². The Labute approximate surface area is 81.0 Å². The molecule has 0 fully saturated rings. The Bertz CT molecular complexity index is 348. The fourth-order valence-corrected chi connectivity index (χ4v) is 1.92. The molecule has 2 N–H and O–H groups in total. The second-order valence-electron chi connectivity index (χ2n) is 2.17. The SMILES string of the molecule is CN(c1ccc(C(=O)O)s1)S(=O)O. The highest BCUT2D eigenvalue weighted by Crippen LogP contribution is 2.25. The number of thiophene rings is 1. The van der Waals surface area contributed by atoms with Crippen LogP contribution in [-0.4, -0.2) is 26.9 Å². The van der Waals surface area contributed by atoms with Crippen LogP contribution in [0.4, 0.5) is 5.00 Å². The van der Waals surface area contributed by atoms with E-state index < -0.39 is 17.2 Å². The van der Waals surface area contributed by atoms with Crippen LogP contribution in [0.5, 0.6) is 0 Å². The van der Waals surface area contributed by atoms with Gasteiger partial charge in [0, 0.05) is 7.05 Å². The molecule has 5 nitrogen and oxygen atoms in total. The second kappa shape index (κ2) is 3.86. The van der Waals surface area contributed by atoms with Crippen LogP contribution in [0.25, 0.3) is 0 Å². The van der Waals surface area contributed by atoms with Gasteiger partial charge in [-0.3, -0.25) is 8.86 Å². The molecule has 0 saturated carbocycles. The van der Waals surface area contributed by atoms with E-state index >= 15 is 0 Å². The van der Waals surface area contributed by atoms with Crippen LogP contribution < -0.4 is 4.31 Å². The maximum Gasteiger partial charge on any atom is 0.345 e. The minimum absolute atomic E-state index is 0.146. The first kappa shape index (κ1) is 10.2. The molecule has 0 amide bonds. The Morgan fingerprint density at radius 1 is 1.62 bits per heavy atom. The van der Waals surface area contributed by atoms with E-state index in [1.807, 2.05) is 0 Å². The summed E-state index contributed by atoms with van der Waals surface area (Å²) in [4.78, 5) is 10.6. The maximum atomic E-state index is 10.6. The lowest BCUT2D eigenvalue weighted by Crippen LogP contribution is -2.17. The first-order valence-corrected chi connectivity index (χ1v) is 5.08. The molecule has 72 valence electrons. The quantitative estimate of drug-likeness (QED) is 0.747. The first-order chi connectivity index (χ1) is 6.02. The van der Waals surface area contributed by atoms with E-state index in [1.54, 1.807) is 0 Å². The van der Waals surface area contributed by atoms with Gasteiger partial charge in [-0.25, -0.2) is 9.00 Å². The zero-order valence-electron chi connectivity index (χ0n) is 6.63. The molecule has 1 aromatic heterocycles. The normalized spacial score (nSPS) is 12.5. The van der Waals surface area contributed by atoms with Crippen molar-refractivity contribution in [3.63, 3.8) is 0 Å². The number of carbonyl (C=O) groups is 1. The average Bonchev–Trinajstić information content (AvgIpc) is 2.50. The van der Waals surface area contributed by atoms with Crippen LogP contribution in [0.1, 0.15) is 9.67 Å². The van der Waals surface area contributed by atoms with Crippen molar-refractivity contribution >= 4 is 33.6 Å². The van der Waals surface area contributed by atoms with Gasteiger partial charge in [-0.15, -0.1) is 11.3 Å². The van der Waals surface area contributed by atoms with E-state index in [0.29, 0.717) is 5.00 Å². The van der Waals surface area contributed by atoms with Gasteiger partial charge in [-0.1, -0.05) is 0 Å². The molecule has 0 aliphatic rings. The predicted octanol–water partition coefficient (Wildman–Crippen LogP) is 1.02. The van der Waals surface area contributed by atoms with Crippen LogP contribution in [0.3, 0.4) is 0 Å². The van der Waals surface area contributed by atoms with Crippen molar-refractivity contribution in [1.82, 2.24) is 0 Å². The molecule has 1 heterocycles. The Balaban J connectivity index is 2.91. The number of carboxylic acids is 1. The van der Waals surface area contributed by atoms with Gasteiger partial charge in [0.05, 0.1) is 0 Å². The minimum atomic E-state index is -2.11. The standard InChI is InChI=1S/C6H7NO4S2/c1-7(13(10)11)5-3-2-4(12-5)6(8)9/h2-3H,1H3,(H,8,9)(H,10,11). The number of anilines is 1. The van der Waals surface area contributed by atoms with E-state index in [-0.39, 0.29) is 4.88 Å².